The lowest BCUT2D eigenvalue weighted by Crippen LogP contribution is -2.32. The summed E-state index contributed by atoms with van der Waals surface area (Å²) in [7, 11) is 0. The monoisotopic (exact) mass is 185 g/mol. The van der Waals surface area contributed by atoms with Crippen molar-refractivity contribution in [1.82, 2.24) is 14.1 Å². The largest absolute Gasteiger partial charge is 0.348 e. The number of carbonyl (C=O) groups excluding carboxylic acids is 1. The second-order valence-corrected chi connectivity index (χ2v) is 3.13. The van der Waals surface area contributed by atoms with Crippen LogP contribution in [0.4, 0.5) is 0 Å². The highest BCUT2D eigenvalue weighted by Gasteiger charge is 2.09. The smallest absolute Gasteiger partial charge is 0.272 e. The minimum absolute atomic E-state index is 0.141. The average molecular weight is 185 g/mol. The van der Waals surface area contributed by atoms with Crippen molar-refractivity contribution in [3.8, 4) is 0 Å². The Kier molecular flexibility index (Phi) is 3.16. The van der Waals surface area contributed by atoms with E-state index in [2.05, 4.69) is 14.1 Å². The molecular weight excluding hydrogens is 174 g/mol. The molecule has 0 bridgehead atoms. The van der Waals surface area contributed by atoms with Gasteiger partial charge in [-0.2, -0.15) is 8.75 Å². The van der Waals surface area contributed by atoms with Crippen LogP contribution in [-0.4, -0.2) is 20.7 Å². The van der Waals surface area contributed by atoms with Gasteiger partial charge < -0.3 is 5.32 Å². The summed E-state index contributed by atoms with van der Waals surface area (Å²) < 4.78 is 7.57. The molecule has 0 saturated heterocycles. The summed E-state index contributed by atoms with van der Waals surface area (Å²) in [5.74, 6) is -0.141. The molecule has 12 heavy (non-hydrogen) atoms. The van der Waals surface area contributed by atoms with Gasteiger partial charge in [-0.25, -0.2) is 0 Å². The highest BCUT2D eigenvalue weighted by molar-refractivity contribution is 6.99. The van der Waals surface area contributed by atoms with E-state index in [1.54, 1.807) is 0 Å². The van der Waals surface area contributed by atoms with Crippen LogP contribution in [0.2, 0.25) is 0 Å². The topological polar surface area (TPSA) is 54.9 Å². The summed E-state index contributed by atoms with van der Waals surface area (Å²) in [5.41, 5.74) is 0.403. The number of amides is 1. The molecule has 0 radical (unpaired) electrons. The van der Waals surface area contributed by atoms with E-state index in [-0.39, 0.29) is 11.9 Å². The fraction of sp³-hybridized carbons (Fsp3) is 0.571. The standard InChI is InChI=1S/C7H11N3OS/c1-3-5(2)9-7(11)6-4-8-12-10-6/h4-5H,3H2,1-2H3,(H,9,11). The summed E-state index contributed by atoms with van der Waals surface area (Å²) in [4.78, 5) is 11.3. The summed E-state index contributed by atoms with van der Waals surface area (Å²) in [6.45, 7) is 3.97. The molecule has 0 saturated carbocycles. The van der Waals surface area contributed by atoms with Crippen molar-refractivity contribution in [1.29, 1.82) is 0 Å². The summed E-state index contributed by atoms with van der Waals surface area (Å²) in [5, 5.41) is 2.80. The van der Waals surface area contributed by atoms with Gasteiger partial charge in [-0.3, -0.25) is 4.79 Å². The van der Waals surface area contributed by atoms with E-state index < -0.39 is 0 Å². The molecule has 1 aromatic heterocycles. The number of hydrogen-bond donors (Lipinski definition) is 1. The van der Waals surface area contributed by atoms with Gasteiger partial charge in [0.25, 0.3) is 5.91 Å². The molecule has 1 unspecified atom stereocenters. The molecule has 1 rings (SSSR count). The van der Waals surface area contributed by atoms with Crippen molar-refractivity contribution in [2.24, 2.45) is 0 Å². The van der Waals surface area contributed by atoms with Crippen LogP contribution >= 0.6 is 11.7 Å². The first kappa shape index (κ1) is 9.12. The zero-order chi connectivity index (χ0) is 8.97. The lowest BCUT2D eigenvalue weighted by atomic mass is 10.2. The molecule has 0 spiro atoms. The van der Waals surface area contributed by atoms with Gasteiger partial charge in [0.05, 0.1) is 17.9 Å². The van der Waals surface area contributed by atoms with E-state index in [9.17, 15) is 4.79 Å². The van der Waals surface area contributed by atoms with E-state index in [0.29, 0.717) is 5.69 Å². The van der Waals surface area contributed by atoms with Crippen molar-refractivity contribution in [2.75, 3.05) is 0 Å². The number of nitrogens with one attached hydrogen (secondary N) is 1. The van der Waals surface area contributed by atoms with Gasteiger partial charge in [0.2, 0.25) is 0 Å². The molecule has 1 atom stereocenters. The van der Waals surface area contributed by atoms with E-state index in [4.69, 9.17) is 0 Å². The Morgan fingerprint density at radius 2 is 2.58 bits per heavy atom. The third-order valence-corrected chi connectivity index (χ3v) is 2.06. The second kappa shape index (κ2) is 4.15. The molecular formula is C7H11N3OS. The Morgan fingerprint density at radius 3 is 3.08 bits per heavy atom. The van der Waals surface area contributed by atoms with E-state index in [1.807, 2.05) is 13.8 Å². The maximum atomic E-state index is 11.3. The summed E-state index contributed by atoms with van der Waals surface area (Å²) in [6.07, 6.45) is 2.39. The number of hydrogen-bond acceptors (Lipinski definition) is 4. The number of nitrogens with zero attached hydrogens (tertiary/aromatic N) is 2. The Balaban J connectivity index is 2.50. The van der Waals surface area contributed by atoms with Gasteiger partial charge in [0.15, 0.2) is 5.69 Å². The normalized spacial score (nSPS) is 12.5. The van der Waals surface area contributed by atoms with Gasteiger partial charge in [-0.05, 0) is 13.3 Å². The lowest BCUT2D eigenvalue weighted by molar-refractivity contribution is 0.0935. The van der Waals surface area contributed by atoms with Crippen LogP contribution in [0.15, 0.2) is 6.20 Å². The van der Waals surface area contributed by atoms with Crippen LogP contribution in [0.25, 0.3) is 0 Å². The first-order valence-corrected chi connectivity index (χ1v) is 4.55. The van der Waals surface area contributed by atoms with Crippen LogP contribution in [0.1, 0.15) is 30.8 Å². The Labute approximate surface area is 75.3 Å². The fourth-order valence-electron chi connectivity index (χ4n) is 0.664. The van der Waals surface area contributed by atoms with E-state index in [0.717, 1.165) is 18.1 Å². The molecule has 0 aromatic carbocycles. The van der Waals surface area contributed by atoms with Crippen molar-refractivity contribution in [3.05, 3.63) is 11.9 Å². The fourth-order valence-corrected chi connectivity index (χ4v) is 1.08. The Bertz CT molecular complexity index is 247. The number of carbonyl (C=O) groups is 1. The SMILES string of the molecule is CCC(C)NC(=O)c1cnsn1. The van der Waals surface area contributed by atoms with Crippen molar-refractivity contribution < 1.29 is 4.79 Å². The highest BCUT2D eigenvalue weighted by Crippen LogP contribution is 1.96. The van der Waals surface area contributed by atoms with Crippen molar-refractivity contribution in [3.63, 3.8) is 0 Å². The predicted octanol–water partition coefficient (Wildman–Crippen LogP) is 1.07. The maximum Gasteiger partial charge on any atom is 0.272 e. The Morgan fingerprint density at radius 1 is 1.83 bits per heavy atom. The van der Waals surface area contributed by atoms with Gasteiger partial charge in [-0.1, -0.05) is 6.92 Å². The molecule has 1 amide bonds. The molecule has 0 aliphatic rings. The summed E-state index contributed by atoms with van der Waals surface area (Å²) in [6, 6.07) is 0.194. The van der Waals surface area contributed by atoms with Crippen molar-refractivity contribution >= 4 is 17.6 Å². The number of rotatable bonds is 3. The zero-order valence-corrected chi connectivity index (χ0v) is 7.89. The third kappa shape index (κ3) is 2.27. The van der Waals surface area contributed by atoms with Gasteiger partial charge in [0, 0.05) is 6.04 Å². The van der Waals surface area contributed by atoms with Crippen LogP contribution in [-0.2, 0) is 0 Å². The number of aromatic nitrogens is 2. The lowest BCUT2D eigenvalue weighted by Gasteiger charge is -2.08. The van der Waals surface area contributed by atoms with Crippen LogP contribution < -0.4 is 5.32 Å². The first-order chi connectivity index (χ1) is 5.74. The highest BCUT2D eigenvalue weighted by atomic mass is 32.1. The molecule has 1 heterocycles. The van der Waals surface area contributed by atoms with Gasteiger partial charge in [0.1, 0.15) is 0 Å². The van der Waals surface area contributed by atoms with Crippen molar-refractivity contribution in [2.45, 2.75) is 26.3 Å². The molecule has 4 nitrogen and oxygen atoms in total. The molecule has 0 fully saturated rings. The molecule has 1 aromatic rings. The molecule has 5 heteroatoms. The molecule has 0 aliphatic carbocycles. The Hall–Kier alpha value is -0.970. The maximum absolute atomic E-state index is 11.3. The molecule has 1 N–H and O–H groups in total. The van der Waals surface area contributed by atoms with Crippen LogP contribution in [0.3, 0.4) is 0 Å². The third-order valence-electron chi connectivity index (χ3n) is 1.58. The zero-order valence-electron chi connectivity index (χ0n) is 7.07. The average Bonchev–Trinajstić information content (AvgIpc) is 2.56. The first-order valence-electron chi connectivity index (χ1n) is 3.82. The second-order valence-electron chi connectivity index (χ2n) is 2.58. The van der Waals surface area contributed by atoms with E-state index in [1.165, 1.54) is 6.20 Å². The predicted molar refractivity (Wildman–Crippen MR) is 47.1 cm³/mol. The van der Waals surface area contributed by atoms with E-state index >= 15 is 0 Å². The minimum Gasteiger partial charge on any atom is -0.348 e. The van der Waals surface area contributed by atoms with Crippen LogP contribution in [0.5, 0.6) is 0 Å². The van der Waals surface area contributed by atoms with Gasteiger partial charge >= 0.3 is 0 Å². The van der Waals surface area contributed by atoms with Gasteiger partial charge in [-0.15, -0.1) is 0 Å². The summed E-state index contributed by atoms with van der Waals surface area (Å²) >= 11 is 1.04. The molecule has 66 valence electrons. The van der Waals surface area contributed by atoms with Crippen LogP contribution in [0, 0.1) is 0 Å². The minimum atomic E-state index is -0.141. The molecule has 0 aliphatic heterocycles. The quantitative estimate of drug-likeness (QED) is 0.766.